The molecule has 0 aromatic heterocycles. The van der Waals surface area contributed by atoms with Crippen LogP contribution < -0.4 is 0 Å². The Morgan fingerprint density at radius 3 is 2.89 bits per heavy atom. The van der Waals surface area contributed by atoms with Crippen LogP contribution in [0.2, 0.25) is 5.02 Å². The number of nitrogens with zero attached hydrogens (tertiary/aromatic N) is 1. The Bertz CT molecular complexity index is 567. The summed E-state index contributed by atoms with van der Waals surface area (Å²) in [7, 11) is 0. The first-order chi connectivity index (χ1) is 9.26. The molecule has 0 unspecified atom stereocenters. The van der Waals surface area contributed by atoms with Gasteiger partial charge in [-0.25, -0.2) is 0 Å². The molecule has 3 rings (SSSR count). The van der Waals surface area contributed by atoms with E-state index in [1.165, 1.54) is 0 Å². The Morgan fingerprint density at radius 1 is 1.26 bits per heavy atom. The standard InChI is InChI=1S/C15H14ClNOS/c16-13-3-1-2-12(10-13)4-5-14-11-15(18-17-14)6-8-19-9-7-15/h1-3,10H,6-9,11H2. The largest absolute Gasteiger partial charge is 0.388 e. The summed E-state index contributed by atoms with van der Waals surface area (Å²) in [5.41, 5.74) is 1.70. The van der Waals surface area contributed by atoms with Gasteiger partial charge < -0.3 is 4.84 Å². The van der Waals surface area contributed by atoms with Crippen molar-refractivity contribution < 1.29 is 4.84 Å². The van der Waals surface area contributed by atoms with Gasteiger partial charge in [0.15, 0.2) is 0 Å². The topological polar surface area (TPSA) is 21.6 Å². The van der Waals surface area contributed by atoms with Crippen molar-refractivity contribution in [1.82, 2.24) is 0 Å². The molecule has 1 fully saturated rings. The van der Waals surface area contributed by atoms with Crippen molar-refractivity contribution in [3.05, 3.63) is 34.9 Å². The van der Waals surface area contributed by atoms with Crippen LogP contribution in [-0.2, 0) is 4.84 Å². The Kier molecular flexibility index (Phi) is 3.72. The first-order valence-electron chi connectivity index (χ1n) is 6.36. The highest BCUT2D eigenvalue weighted by Crippen LogP contribution is 2.37. The zero-order chi connectivity index (χ0) is 13.1. The van der Waals surface area contributed by atoms with Gasteiger partial charge in [-0.2, -0.15) is 11.8 Å². The van der Waals surface area contributed by atoms with Gasteiger partial charge in [0.05, 0.1) is 0 Å². The summed E-state index contributed by atoms with van der Waals surface area (Å²) in [5, 5.41) is 4.86. The van der Waals surface area contributed by atoms with Crippen molar-refractivity contribution in [2.24, 2.45) is 5.16 Å². The second-order valence-electron chi connectivity index (χ2n) is 4.86. The van der Waals surface area contributed by atoms with Crippen LogP contribution in [-0.4, -0.2) is 22.8 Å². The van der Waals surface area contributed by atoms with E-state index >= 15 is 0 Å². The Morgan fingerprint density at radius 2 is 2.11 bits per heavy atom. The van der Waals surface area contributed by atoms with E-state index in [0.29, 0.717) is 5.02 Å². The van der Waals surface area contributed by atoms with E-state index in [0.717, 1.165) is 42.0 Å². The zero-order valence-corrected chi connectivity index (χ0v) is 12.1. The normalized spacial score (nSPS) is 20.4. The highest BCUT2D eigenvalue weighted by molar-refractivity contribution is 7.99. The Labute approximate surface area is 122 Å². The number of hydrogen-bond donors (Lipinski definition) is 0. The van der Waals surface area contributed by atoms with Crippen molar-refractivity contribution in [2.45, 2.75) is 24.9 Å². The molecule has 4 heteroatoms. The van der Waals surface area contributed by atoms with E-state index in [1.54, 1.807) is 0 Å². The molecule has 2 nitrogen and oxygen atoms in total. The smallest absolute Gasteiger partial charge is 0.145 e. The quantitative estimate of drug-likeness (QED) is 0.679. The van der Waals surface area contributed by atoms with Gasteiger partial charge in [0, 0.05) is 17.0 Å². The summed E-state index contributed by atoms with van der Waals surface area (Å²) >= 11 is 7.92. The Balaban J connectivity index is 1.69. The van der Waals surface area contributed by atoms with E-state index < -0.39 is 0 Å². The molecule has 0 radical (unpaired) electrons. The summed E-state index contributed by atoms with van der Waals surface area (Å²) < 4.78 is 0. The van der Waals surface area contributed by atoms with Crippen LogP contribution in [0.25, 0.3) is 0 Å². The maximum Gasteiger partial charge on any atom is 0.145 e. The molecule has 2 aliphatic rings. The monoisotopic (exact) mass is 291 g/mol. The van der Waals surface area contributed by atoms with Crippen molar-refractivity contribution in [1.29, 1.82) is 0 Å². The van der Waals surface area contributed by atoms with Crippen LogP contribution >= 0.6 is 23.4 Å². The predicted octanol–water partition coefficient (Wildman–Crippen LogP) is 3.73. The van der Waals surface area contributed by atoms with Crippen LogP contribution in [0.3, 0.4) is 0 Å². The van der Waals surface area contributed by atoms with Crippen LogP contribution in [0.5, 0.6) is 0 Å². The highest BCUT2D eigenvalue weighted by Gasteiger charge is 2.39. The average molecular weight is 292 g/mol. The van der Waals surface area contributed by atoms with Gasteiger partial charge in [-0.15, -0.1) is 0 Å². The number of thioether (sulfide) groups is 1. The molecule has 98 valence electrons. The summed E-state index contributed by atoms with van der Waals surface area (Å²) in [5.74, 6) is 8.52. The molecule has 2 aliphatic heterocycles. The lowest BCUT2D eigenvalue weighted by Crippen LogP contribution is -2.33. The lowest BCUT2D eigenvalue weighted by molar-refractivity contribution is -0.0245. The molecule has 19 heavy (non-hydrogen) atoms. The first kappa shape index (κ1) is 12.9. The third kappa shape index (κ3) is 3.08. The second kappa shape index (κ2) is 5.48. The van der Waals surface area contributed by atoms with Crippen LogP contribution in [0.1, 0.15) is 24.8 Å². The van der Waals surface area contributed by atoms with Gasteiger partial charge in [0.1, 0.15) is 11.3 Å². The molecule has 0 aliphatic carbocycles. The lowest BCUT2D eigenvalue weighted by atomic mass is 9.91. The minimum Gasteiger partial charge on any atom is -0.388 e. The lowest BCUT2D eigenvalue weighted by Gasteiger charge is -2.29. The van der Waals surface area contributed by atoms with E-state index in [9.17, 15) is 0 Å². The molecule has 1 aromatic rings. The SMILES string of the molecule is Clc1cccc(C#CC2=NOC3(CCSCC3)C2)c1. The van der Waals surface area contributed by atoms with E-state index in [-0.39, 0.29) is 5.60 Å². The van der Waals surface area contributed by atoms with Crippen LogP contribution in [0, 0.1) is 11.8 Å². The average Bonchev–Trinajstić information content (AvgIpc) is 2.80. The van der Waals surface area contributed by atoms with Gasteiger partial charge in [-0.1, -0.05) is 28.7 Å². The van der Waals surface area contributed by atoms with Crippen molar-refractivity contribution >= 4 is 29.1 Å². The van der Waals surface area contributed by atoms with E-state index in [4.69, 9.17) is 16.4 Å². The number of oxime groups is 1. The molecule has 0 saturated carbocycles. The first-order valence-corrected chi connectivity index (χ1v) is 7.89. The summed E-state index contributed by atoms with van der Waals surface area (Å²) in [4.78, 5) is 5.65. The molecule has 1 aromatic carbocycles. The predicted molar refractivity (Wildman–Crippen MR) is 80.8 cm³/mol. The van der Waals surface area contributed by atoms with Gasteiger partial charge >= 0.3 is 0 Å². The maximum atomic E-state index is 5.93. The summed E-state index contributed by atoms with van der Waals surface area (Å²) in [6.45, 7) is 0. The molecule has 0 amide bonds. The van der Waals surface area contributed by atoms with Gasteiger partial charge in [-0.3, -0.25) is 0 Å². The molecular weight excluding hydrogens is 278 g/mol. The number of rotatable bonds is 0. The van der Waals surface area contributed by atoms with Crippen LogP contribution in [0.4, 0.5) is 0 Å². The van der Waals surface area contributed by atoms with Gasteiger partial charge in [0.2, 0.25) is 0 Å². The van der Waals surface area contributed by atoms with E-state index in [1.807, 2.05) is 36.0 Å². The fourth-order valence-electron chi connectivity index (χ4n) is 2.31. The van der Waals surface area contributed by atoms with Crippen molar-refractivity contribution in [3.8, 4) is 11.8 Å². The molecule has 0 N–H and O–H groups in total. The number of hydrogen-bond acceptors (Lipinski definition) is 3. The zero-order valence-electron chi connectivity index (χ0n) is 10.5. The maximum absolute atomic E-state index is 5.93. The molecule has 1 saturated heterocycles. The molecule has 1 spiro atoms. The molecule has 2 heterocycles. The van der Waals surface area contributed by atoms with Crippen molar-refractivity contribution in [3.63, 3.8) is 0 Å². The summed E-state index contributed by atoms with van der Waals surface area (Å²) in [6.07, 6.45) is 2.99. The minimum absolute atomic E-state index is 0.0659. The fraction of sp³-hybridized carbons (Fsp3) is 0.400. The third-order valence-electron chi connectivity index (χ3n) is 3.42. The van der Waals surface area contributed by atoms with E-state index in [2.05, 4.69) is 17.0 Å². The fourth-order valence-corrected chi connectivity index (χ4v) is 3.74. The number of benzene rings is 1. The summed E-state index contributed by atoms with van der Waals surface area (Å²) in [6, 6.07) is 7.55. The van der Waals surface area contributed by atoms with Gasteiger partial charge in [0.25, 0.3) is 0 Å². The molecular formula is C15H14ClNOS. The number of halogens is 1. The Hall–Kier alpha value is -1.11. The van der Waals surface area contributed by atoms with Gasteiger partial charge in [-0.05, 0) is 48.5 Å². The second-order valence-corrected chi connectivity index (χ2v) is 6.52. The van der Waals surface area contributed by atoms with Crippen molar-refractivity contribution in [2.75, 3.05) is 11.5 Å². The molecule has 0 atom stereocenters. The van der Waals surface area contributed by atoms with Crippen LogP contribution in [0.15, 0.2) is 29.4 Å². The highest BCUT2D eigenvalue weighted by atomic mass is 35.5. The molecule has 0 bridgehead atoms. The minimum atomic E-state index is -0.0659. The third-order valence-corrected chi connectivity index (χ3v) is 4.64.